The summed E-state index contributed by atoms with van der Waals surface area (Å²) in [6.07, 6.45) is 5.31. The van der Waals surface area contributed by atoms with Gasteiger partial charge in [0.2, 0.25) is 0 Å². The van der Waals surface area contributed by atoms with E-state index in [1.54, 1.807) is 12.4 Å². The molecule has 6 heteroatoms. The molecule has 0 saturated carbocycles. The van der Waals surface area contributed by atoms with Gasteiger partial charge in [0.15, 0.2) is 0 Å². The Morgan fingerprint density at radius 2 is 1.95 bits per heavy atom. The van der Waals surface area contributed by atoms with Crippen molar-refractivity contribution in [2.75, 3.05) is 5.32 Å². The van der Waals surface area contributed by atoms with Crippen molar-refractivity contribution < 1.29 is 0 Å². The van der Waals surface area contributed by atoms with Crippen molar-refractivity contribution in [3.05, 3.63) is 40.3 Å². The van der Waals surface area contributed by atoms with Gasteiger partial charge in [-0.3, -0.25) is 9.97 Å². The lowest BCUT2D eigenvalue weighted by Gasteiger charge is -2.11. The molecule has 0 aromatic carbocycles. The summed E-state index contributed by atoms with van der Waals surface area (Å²) in [4.78, 5) is 17.3. The number of nitrogens with one attached hydrogen (secondary N) is 1. The second-order valence-electron chi connectivity index (χ2n) is 4.66. The molecule has 0 unspecified atom stereocenters. The van der Waals surface area contributed by atoms with Crippen LogP contribution in [0.15, 0.2) is 12.4 Å². The minimum Gasteiger partial charge on any atom is -0.364 e. The van der Waals surface area contributed by atoms with Gasteiger partial charge in [-0.05, 0) is 20.3 Å². The number of aromatic nitrogens is 4. The minimum atomic E-state index is 0.501. The lowest BCUT2D eigenvalue weighted by atomic mass is 10.3. The highest BCUT2D eigenvalue weighted by molar-refractivity contribution is 6.30. The highest BCUT2D eigenvalue weighted by atomic mass is 35.5. The molecule has 0 atom stereocenters. The van der Waals surface area contributed by atoms with Crippen molar-refractivity contribution in [2.45, 2.75) is 40.2 Å². The SMILES string of the molecule is CCCc1nc(Cl)c(C)c(NCc2cnc(C)cn2)n1. The Morgan fingerprint density at radius 3 is 2.60 bits per heavy atom. The highest BCUT2D eigenvalue weighted by Crippen LogP contribution is 2.20. The predicted molar refractivity (Wildman–Crippen MR) is 79.9 cm³/mol. The summed E-state index contributed by atoms with van der Waals surface area (Å²) < 4.78 is 0. The molecule has 0 saturated heterocycles. The van der Waals surface area contributed by atoms with Gasteiger partial charge in [0.25, 0.3) is 0 Å². The molecule has 0 radical (unpaired) electrons. The maximum absolute atomic E-state index is 6.14. The van der Waals surface area contributed by atoms with E-state index in [0.29, 0.717) is 11.7 Å². The van der Waals surface area contributed by atoms with E-state index in [1.807, 2.05) is 13.8 Å². The van der Waals surface area contributed by atoms with Crippen LogP contribution in [-0.4, -0.2) is 19.9 Å². The van der Waals surface area contributed by atoms with Gasteiger partial charge in [0.05, 0.1) is 24.1 Å². The molecule has 0 amide bonds. The molecule has 0 spiro atoms. The predicted octanol–water partition coefficient (Wildman–Crippen LogP) is 3.10. The molecule has 1 N–H and O–H groups in total. The topological polar surface area (TPSA) is 63.6 Å². The summed E-state index contributed by atoms with van der Waals surface area (Å²) >= 11 is 6.14. The van der Waals surface area contributed by atoms with E-state index in [2.05, 4.69) is 32.2 Å². The van der Waals surface area contributed by atoms with Crippen LogP contribution in [0.2, 0.25) is 5.15 Å². The van der Waals surface area contributed by atoms with E-state index in [9.17, 15) is 0 Å². The molecule has 0 aliphatic heterocycles. The van der Waals surface area contributed by atoms with Crippen molar-refractivity contribution in [3.8, 4) is 0 Å². The molecule has 0 aliphatic rings. The molecule has 2 aromatic heterocycles. The molecule has 106 valence electrons. The average molecular weight is 292 g/mol. The minimum absolute atomic E-state index is 0.501. The van der Waals surface area contributed by atoms with Gasteiger partial charge in [-0.2, -0.15) is 0 Å². The van der Waals surface area contributed by atoms with Crippen LogP contribution in [0, 0.1) is 13.8 Å². The Labute approximate surface area is 123 Å². The summed E-state index contributed by atoms with van der Waals surface area (Å²) in [5.74, 6) is 1.52. The van der Waals surface area contributed by atoms with Crippen molar-refractivity contribution in [3.63, 3.8) is 0 Å². The Morgan fingerprint density at radius 1 is 1.15 bits per heavy atom. The summed E-state index contributed by atoms with van der Waals surface area (Å²) in [6.45, 7) is 6.47. The third-order valence-electron chi connectivity index (χ3n) is 2.88. The second kappa shape index (κ2) is 6.61. The molecule has 0 fully saturated rings. The fourth-order valence-electron chi connectivity index (χ4n) is 1.73. The summed E-state index contributed by atoms with van der Waals surface area (Å²) in [5.41, 5.74) is 2.62. The number of hydrogen-bond donors (Lipinski definition) is 1. The third-order valence-corrected chi connectivity index (χ3v) is 3.25. The summed E-state index contributed by atoms with van der Waals surface area (Å²) in [6, 6.07) is 0. The van der Waals surface area contributed by atoms with E-state index < -0.39 is 0 Å². The van der Waals surface area contributed by atoms with E-state index >= 15 is 0 Å². The Hall–Kier alpha value is -1.75. The number of rotatable bonds is 5. The van der Waals surface area contributed by atoms with E-state index in [-0.39, 0.29) is 0 Å². The summed E-state index contributed by atoms with van der Waals surface area (Å²) in [7, 11) is 0. The number of anilines is 1. The van der Waals surface area contributed by atoms with Crippen molar-refractivity contribution in [1.82, 2.24) is 19.9 Å². The third kappa shape index (κ3) is 3.63. The Balaban J connectivity index is 2.13. The first-order valence-corrected chi connectivity index (χ1v) is 7.02. The maximum Gasteiger partial charge on any atom is 0.137 e. The van der Waals surface area contributed by atoms with Crippen molar-refractivity contribution >= 4 is 17.4 Å². The quantitative estimate of drug-likeness (QED) is 0.858. The largest absolute Gasteiger partial charge is 0.364 e. The van der Waals surface area contributed by atoms with Crippen LogP contribution in [0.3, 0.4) is 0 Å². The lowest BCUT2D eigenvalue weighted by Crippen LogP contribution is -2.08. The first kappa shape index (κ1) is 14.7. The first-order valence-electron chi connectivity index (χ1n) is 6.64. The van der Waals surface area contributed by atoms with Gasteiger partial charge in [0.1, 0.15) is 16.8 Å². The molecule has 0 bridgehead atoms. The first-order chi connectivity index (χ1) is 9.60. The second-order valence-corrected chi connectivity index (χ2v) is 5.01. The van der Waals surface area contributed by atoms with Crippen molar-refractivity contribution in [2.24, 2.45) is 0 Å². The maximum atomic E-state index is 6.14. The molecule has 2 rings (SSSR count). The van der Waals surface area contributed by atoms with Gasteiger partial charge in [-0.25, -0.2) is 9.97 Å². The fourth-order valence-corrected chi connectivity index (χ4v) is 1.91. The molecular formula is C14H18ClN5. The van der Waals surface area contributed by atoms with Crippen LogP contribution in [-0.2, 0) is 13.0 Å². The zero-order chi connectivity index (χ0) is 14.5. The fraction of sp³-hybridized carbons (Fsp3) is 0.429. The molecule has 0 aliphatic carbocycles. The molecule has 5 nitrogen and oxygen atoms in total. The zero-order valence-electron chi connectivity index (χ0n) is 11.9. The molecule has 2 heterocycles. The number of nitrogens with zero attached hydrogens (tertiary/aromatic N) is 4. The molecule has 20 heavy (non-hydrogen) atoms. The van der Waals surface area contributed by atoms with E-state index in [4.69, 9.17) is 11.6 Å². The number of hydrogen-bond acceptors (Lipinski definition) is 5. The monoisotopic (exact) mass is 291 g/mol. The van der Waals surface area contributed by atoms with E-state index in [1.165, 1.54) is 0 Å². The van der Waals surface area contributed by atoms with E-state index in [0.717, 1.165) is 41.4 Å². The van der Waals surface area contributed by atoms with Crippen LogP contribution in [0.25, 0.3) is 0 Å². The average Bonchev–Trinajstić information content (AvgIpc) is 2.43. The highest BCUT2D eigenvalue weighted by Gasteiger charge is 2.09. The van der Waals surface area contributed by atoms with Crippen molar-refractivity contribution in [1.29, 1.82) is 0 Å². The smallest absolute Gasteiger partial charge is 0.137 e. The zero-order valence-corrected chi connectivity index (χ0v) is 12.7. The van der Waals surface area contributed by atoms with Crippen LogP contribution in [0.5, 0.6) is 0 Å². The van der Waals surface area contributed by atoms with Gasteiger partial charge < -0.3 is 5.32 Å². The molecule has 2 aromatic rings. The number of halogens is 1. The van der Waals surface area contributed by atoms with Crippen LogP contribution < -0.4 is 5.32 Å². The Bertz CT molecular complexity index is 583. The van der Waals surface area contributed by atoms with Gasteiger partial charge in [-0.1, -0.05) is 18.5 Å². The Kier molecular flexibility index (Phi) is 4.84. The summed E-state index contributed by atoms with van der Waals surface area (Å²) in [5, 5.41) is 3.75. The van der Waals surface area contributed by atoms with Crippen LogP contribution in [0.4, 0.5) is 5.82 Å². The van der Waals surface area contributed by atoms with Crippen LogP contribution in [0.1, 0.15) is 36.1 Å². The standard InChI is InChI=1S/C14H18ClN5/c1-4-5-12-19-13(15)10(3)14(20-12)18-8-11-7-16-9(2)6-17-11/h6-7H,4-5,8H2,1-3H3,(H,18,19,20). The lowest BCUT2D eigenvalue weighted by molar-refractivity contribution is 0.828. The molecular weight excluding hydrogens is 274 g/mol. The van der Waals surface area contributed by atoms with Gasteiger partial charge in [-0.15, -0.1) is 0 Å². The normalized spacial score (nSPS) is 10.6. The van der Waals surface area contributed by atoms with Gasteiger partial charge >= 0.3 is 0 Å². The van der Waals surface area contributed by atoms with Crippen LogP contribution >= 0.6 is 11.6 Å². The van der Waals surface area contributed by atoms with Gasteiger partial charge in [0, 0.05) is 18.2 Å². The number of aryl methyl sites for hydroxylation is 2.